The van der Waals surface area contributed by atoms with Crippen molar-refractivity contribution in [3.8, 4) is 5.75 Å². The molecule has 1 saturated heterocycles. The third kappa shape index (κ3) is 5.21. The van der Waals surface area contributed by atoms with Crippen molar-refractivity contribution in [3.63, 3.8) is 0 Å². The second kappa shape index (κ2) is 10.5. The molecule has 5 rings (SSSR count). The molecule has 3 N–H and O–H groups in total. The van der Waals surface area contributed by atoms with E-state index in [0.717, 1.165) is 18.9 Å². The number of amides is 1. The minimum Gasteiger partial charge on any atom is -0.494 e. The molecule has 2 aromatic carbocycles. The number of nitrogens with one attached hydrogen (secondary N) is 3. The van der Waals surface area contributed by atoms with E-state index >= 15 is 0 Å². The van der Waals surface area contributed by atoms with E-state index in [1.807, 2.05) is 0 Å². The molecule has 0 radical (unpaired) electrons. The Morgan fingerprint density at radius 3 is 2.68 bits per heavy atom. The summed E-state index contributed by atoms with van der Waals surface area (Å²) in [5.74, 6) is -1.30. The maximum absolute atomic E-state index is 15.0. The summed E-state index contributed by atoms with van der Waals surface area (Å²) in [6.07, 6.45) is 4.60. The van der Waals surface area contributed by atoms with Crippen molar-refractivity contribution in [1.82, 2.24) is 25.5 Å². The molecule has 4 aromatic rings. The number of carbonyl (C=O) groups is 1. The number of anilines is 1. The SMILES string of the molecule is COc1ccc([C@@H](NC(=O)c2cc(F)c3cnc(NC4CCOCC4)nc3c2)c2cn[nH]c2C)cc1F. The van der Waals surface area contributed by atoms with E-state index in [0.29, 0.717) is 41.5 Å². The van der Waals surface area contributed by atoms with Gasteiger partial charge in [0.2, 0.25) is 5.95 Å². The Morgan fingerprint density at radius 1 is 1.16 bits per heavy atom. The Kier molecular flexibility index (Phi) is 6.95. The molecule has 0 aliphatic carbocycles. The quantitative estimate of drug-likeness (QED) is 0.345. The summed E-state index contributed by atoms with van der Waals surface area (Å²) in [6, 6.07) is 6.49. The minimum absolute atomic E-state index is 0.0702. The molecule has 11 heteroatoms. The van der Waals surface area contributed by atoms with Crippen molar-refractivity contribution in [2.75, 3.05) is 25.6 Å². The van der Waals surface area contributed by atoms with Crippen molar-refractivity contribution in [2.24, 2.45) is 0 Å². The van der Waals surface area contributed by atoms with Crippen LogP contribution in [0, 0.1) is 18.6 Å². The minimum atomic E-state index is -0.749. The van der Waals surface area contributed by atoms with Crippen LogP contribution in [0.2, 0.25) is 0 Å². The van der Waals surface area contributed by atoms with E-state index in [4.69, 9.17) is 9.47 Å². The maximum Gasteiger partial charge on any atom is 0.252 e. The molecule has 1 amide bonds. The van der Waals surface area contributed by atoms with Crippen molar-refractivity contribution in [2.45, 2.75) is 31.8 Å². The highest BCUT2D eigenvalue weighted by molar-refractivity contribution is 5.98. The average Bonchev–Trinajstić information content (AvgIpc) is 3.32. The van der Waals surface area contributed by atoms with Gasteiger partial charge in [-0.25, -0.2) is 18.7 Å². The lowest BCUT2D eigenvalue weighted by atomic mass is 9.98. The van der Waals surface area contributed by atoms with Gasteiger partial charge < -0.3 is 20.1 Å². The van der Waals surface area contributed by atoms with Crippen molar-refractivity contribution >= 4 is 22.8 Å². The lowest BCUT2D eigenvalue weighted by Gasteiger charge is -2.23. The second-order valence-corrected chi connectivity index (χ2v) is 8.87. The van der Waals surface area contributed by atoms with Crippen LogP contribution in [-0.4, -0.2) is 52.4 Å². The van der Waals surface area contributed by atoms with E-state index in [2.05, 4.69) is 30.8 Å². The van der Waals surface area contributed by atoms with Gasteiger partial charge in [-0.2, -0.15) is 5.10 Å². The lowest BCUT2D eigenvalue weighted by molar-refractivity contribution is 0.0903. The van der Waals surface area contributed by atoms with Gasteiger partial charge in [0, 0.05) is 42.3 Å². The number of aromatic nitrogens is 4. The number of benzene rings is 2. The average molecular weight is 509 g/mol. The van der Waals surface area contributed by atoms with Gasteiger partial charge in [0.25, 0.3) is 5.91 Å². The van der Waals surface area contributed by atoms with E-state index in [1.165, 1.54) is 31.5 Å². The first-order valence-corrected chi connectivity index (χ1v) is 11.9. The van der Waals surface area contributed by atoms with Crippen LogP contribution in [-0.2, 0) is 4.74 Å². The fraction of sp³-hybridized carbons (Fsp3) is 0.308. The fourth-order valence-corrected chi connectivity index (χ4v) is 4.39. The largest absolute Gasteiger partial charge is 0.494 e. The summed E-state index contributed by atoms with van der Waals surface area (Å²) in [5.41, 5.74) is 2.18. The molecule has 1 fully saturated rings. The van der Waals surface area contributed by atoms with E-state index in [-0.39, 0.29) is 22.7 Å². The topological polar surface area (TPSA) is 114 Å². The molecule has 0 unspecified atom stereocenters. The summed E-state index contributed by atoms with van der Waals surface area (Å²) in [7, 11) is 1.37. The number of carbonyl (C=O) groups excluding carboxylic acids is 1. The molecule has 0 spiro atoms. The highest BCUT2D eigenvalue weighted by atomic mass is 19.1. The summed E-state index contributed by atoms with van der Waals surface area (Å²) in [5, 5.41) is 13.2. The number of hydrogen-bond acceptors (Lipinski definition) is 7. The second-order valence-electron chi connectivity index (χ2n) is 8.87. The van der Waals surface area contributed by atoms with Gasteiger partial charge in [-0.3, -0.25) is 9.89 Å². The van der Waals surface area contributed by atoms with Gasteiger partial charge in [-0.05, 0) is 49.6 Å². The van der Waals surface area contributed by atoms with E-state index < -0.39 is 23.6 Å². The summed E-state index contributed by atoms with van der Waals surface area (Å²) >= 11 is 0. The number of rotatable bonds is 7. The number of methoxy groups -OCH3 is 1. The van der Waals surface area contributed by atoms with Crippen LogP contribution in [0.4, 0.5) is 14.7 Å². The van der Waals surface area contributed by atoms with E-state index in [1.54, 1.807) is 19.2 Å². The van der Waals surface area contributed by atoms with Crippen molar-refractivity contribution in [1.29, 1.82) is 0 Å². The smallest absolute Gasteiger partial charge is 0.252 e. The van der Waals surface area contributed by atoms with Crippen LogP contribution in [0.15, 0.2) is 42.7 Å². The lowest BCUT2D eigenvalue weighted by Crippen LogP contribution is -2.30. The highest BCUT2D eigenvalue weighted by Crippen LogP contribution is 2.29. The number of aromatic amines is 1. The number of nitrogens with zero attached hydrogens (tertiary/aromatic N) is 3. The Morgan fingerprint density at radius 2 is 1.97 bits per heavy atom. The standard InChI is InChI=1S/C26H26F2N6O3/c1-14-18(13-30-34-14)24(15-3-4-23(36-2)21(28)9-15)33-25(35)16-10-20(27)19-12-29-26(32-22(19)11-16)31-17-5-7-37-8-6-17/h3-4,9-13,17,24H,5-8H2,1-2H3,(H,30,34)(H,33,35)(H,29,31,32)/t24-/m1/s1. The maximum atomic E-state index is 15.0. The molecule has 2 aromatic heterocycles. The van der Waals surface area contributed by atoms with Crippen LogP contribution in [0.1, 0.15) is 46.1 Å². The third-order valence-corrected chi connectivity index (χ3v) is 6.43. The molecule has 9 nitrogen and oxygen atoms in total. The van der Waals surface area contributed by atoms with Gasteiger partial charge in [0.05, 0.1) is 30.3 Å². The number of halogens is 2. The van der Waals surface area contributed by atoms with Gasteiger partial charge >= 0.3 is 0 Å². The molecular weight excluding hydrogens is 482 g/mol. The Hall–Kier alpha value is -4.12. The predicted octanol–water partition coefficient (Wildman–Crippen LogP) is 4.06. The highest BCUT2D eigenvalue weighted by Gasteiger charge is 2.23. The molecule has 3 heterocycles. The zero-order valence-corrected chi connectivity index (χ0v) is 20.3. The van der Waals surface area contributed by atoms with Crippen LogP contribution in [0.25, 0.3) is 10.9 Å². The first-order valence-electron chi connectivity index (χ1n) is 11.9. The molecule has 1 aliphatic rings. The summed E-state index contributed by atoms with van der Waals surface area (Å²) in [6.45, 7) is 3.10. The molecule has 1 aliphatic heterocycles. The molecule has 0 saturated carbocycles. The summed E-state index contributed by atoms with van der Waals surface area (Å²) in [4.78, 5) is 22.0. The summed E-state index contributed by atoms with van der Waals surface area (Å²) < 4.78 is 39.8. The number of aryl methyl sites for hydroxylation is 1. The van der Waals surface area contributed by atoms with Gasteiger partial charge in [-0.15, -0.1) is 0 Å². The number of ether oxygens (including phenoxy) is 2. The van der Waals surface area contributed by atoms with Crippen LogP contribution in [0.3, 0.4) is 0 Å². The van der Waals surface area contributed by atoms with Gasteiger partial charge in [-0.1, -0.05) is 6.07 Å². The number of fused-ring (bicyclic) bond motifs is 1. The monoisotopic (exact) mass is 508 g/mol. The molecular formula is C26H26F2N6O3. The molecule has 0 bridgehead atoms. The molecule has 192 valence electrons. The van der Waals surface area contributed by atoms with E-state index in [9.17, 15) is 13.6 Å². The Labute approximate surface area is 211 Å². The Bertz CT molecular complexity index is 1440. The first kappa shape index (κ1) is 24.6. The van der Waals surface area contributed by atoms with Crippen LogP contribution >= 0.6 is 0 Å². The third-order valence-electron chi connectivity index (χ3n) is 6.43. The zero-order chi connectivity index (χ0) is 25.9. The van der Waals surface area contributed by atoms with Crippen LogP contribution in [0.5, 0.6) is 5.75 Å². The Balaban J connectivity index is 1.45. The van der Waals surface area contributed by atoms with Gasteiger partial charge in [0.15, 0.2) is 11.6 Å². The first-order chi connectivity index (χ1) is 17.9. The van der Waals surface area contributed by atoms with Crippen LogP contribution < -0.4 is 15.4 Å². The molecule has 1 atom stereocenters. The zero-order valence-electron chi connectivity index (χ0n) is 20.3. The fourth-order valence-electron chi connectivity index (χ4n) is 4.39. The number of hydrogen-bond donors (Lipinski definition) is 3. The van der Waals surface area contributed by atoms with Gasteiger partial charge in [0.1, 0.15) is 5.82 Å². The van der Waals surface area contributed by atoms with Crippen molar-refractivity contribution in [3.05, 3.63) is 76.7 Å². The molecule has 37 heavy (non-hydrogen) atoms. The van der Waals surface area contributed by atoms with Crippen molar-refractivity contribution < 1.29 is 23.0 Å². The predicted molar refractivity (Wildman–Crippen MR) is 133 cm³/mol. The number of H-pyrrole nitrogens is 1. The normalized spacial score (nSPS) is 14.9.